The number of benzene rings is 1. The molecule has 1 fully saturated rings. The highest BCUT2D eigenvalue weighted by molar-refractivity contribution is 5.24. The molecule has 0 saturated heterocycles. The van der Waals surface area contributed by atoms with E-state index in [0.29, 0.717) is 5.92 Å². The van der Waals surface area contributed by atoms with Crippen molar-refractivity contribution in [1.82, 2.24) is 4.98 Å². The molecule has 134 valence electrons. The highest BCUT2D eigenvalue weighted by Crippen LogP contribution is 2.38. The highest BCUT2D eigenvalue weighted by atomic mass is 19.1. The van der Waals surface area contributed by atoms with Crippen molar-refractivity contribution >= 4 is 0 Å². The molecule has 0 N–H and O–H groups in total. The third kappa shape index (κ3) is 5.10. The molecule has 1 saturated carbocycles. The first-order valence-electron chi connectivity index (χ1n) is 9.48. The van der Waals surface area contributed by atoms with Crippen LogP contribution in [0.1, 0.15) is 67.7 Å². The van der Waals surface area contributed by atoms with Crippen LogP contribution < -0.4 is 0 Å². The molecule has 0 aliphatic heterocycles. The number of pyridine rings is 1. The molecule has 0 atom stereocenters. The summed E-state index contributed by atoms with van der Waals surface area (Å²) in [5.41, 5.74) is 3.30. The van der Waals surface area contributed by atoms with Crippen LogP contribution in [0.3, 0.4) is 0 Å². The molecule has 3 heteroatoms. The fourth-order valence-electron chi connectivity index (χ4n) is 4.11. The molecule has 0 spiro atoms. The van der Waals surface area contributed by atoms with Gasteiger partial charge in [0, 0.05) is 5.69 Å². The van der Waals surface area contributed by atoms with Gasteiger partial charge in [-0.2, -0.15) is 0 Å². The molecule has 2 aromatic rings. The van der Waals surface area contributed by atoms with E-state index in [1.54, 1.807) is 18.2 Å². The molecular formula is C22H27F2N. The number of nitrogens with zero attached hydrogens (tertiary/aromatic N) is 1. The summed E-state index contributed by atoms with van der Waals surface area (Å²) in [6.07, 6.45) is 10.8. The van der Waals surface area contributed by atoms with E-state index in [4.69, 9.17) is 0 Å². The van der Waals surface area contributed by atoms with Crippen molar-refractivity contribution in [2.75, 3.05) is 0 Å². The lowest BCUT2D eigenvalue weighted by atomic mass is 9.76. The van der Waals surface area contributed by atoms with Crippen LogP contribution in [0.15, 0.2) is 36.5 Å². The van der Waals surface area contributed by atoms with Gasteiger partial charge in [0.05, 0.1) is 6.20 Å². The Morgan fingerprint density at radius 1 is 0.960 bits per heavy atom. The van der Waals surface area contributed by atoms with Crippen LogP contribution in [0.25, 0.3) is 0 Å². The van der Waals surface area contributed by atoms with Gasteiger partial charge in [-0.1, -0.05) is 25.0 Å². The van der Waals surface area contributed by atoms with E-state index in [9.17, 15) is 8.78 Å². The van der Waals surface area contributed by atoms with Gasteiger partial charge in [-0.3, -0.25) is 4.98 Å². The highest BCUT2D eigenvalue weighted by Gasteiger charge is 2.23. The van der Waals surface area contributed by atoms with Crippen LogP contribution in [-0.4, -0.2) is 4.98 Å². The van der Waals surface area contributed by atoms with Crippen LogP contribution in [0.5, 0.6) is 0 Å². The SMILES string of the molecule is Cc1ncc(F)cc1C1CCC(CCCCc2ccc(F)cc2)CC1. The minimum atomic E-state index is -0.219. The van der Waals surface area contributed by atoms with Crippen molar-refractivity contribution in [2.24, 2.45) is 5.92 Å². The van der Waals surface area contributed by atoms with Crippen molar-refractivity contribution in [2.45, 2.75) is 64.2 Å². The van der Waals surface area contributed by atoms with E-state index >= 15 is 0 Å². The molecule has 0 bridgehead atoms. The smallest absolute Gasteiger partial charge is 0.141 e. The maximum atomic E-state index is 13.5. The first-order valence-corrected chi connectivity index (χ1v) is 9.48. The molecule has 0 unspecified atom stereocenters. The number of aryl methyl sites for hydroxylation is 2. The minimum Gasteiger partial charge on any atom is -0.258 e. The fraction of sp³-hybridized carbons (Fsp3) is 0.500. The molecule has 1 heterocycles. The minimum absolute atomic E-state index is 0.163. The molecule has 1 aromatic carbocycles. The summed E-state index contributed by atoms with van der Waals surface area (Å²) in [4.78, 5) is 4.17. The Kier molecular flexibility index (Phi) is 6.17. The number of unbranched alkanes of at least 4 members (excludes halogenated alkanes) is 1. The molecule has 25 heavy (non-hydrogen) atoms. The van der Waals surface area contributed by atoms with E-state index in [1.165, 1.54) is 43.9 Å². The Labute approximate surface area is 149 Å². The van der Waals surface area contributed by atoms with Crippen molar-refractivity contribution in [3.8, 4) is 0 Å². The summed E-state index contributed by atoms with van der Waals surface area (Å²) in [6, 6.07) is 8.53. The van der Waals surface area contributed by atoms with Gasteiger partial charge in [0.2, 0.25) is 0 Å². The average molecular weight is 343 g/mol. The van der Waals surface area contributed by atoms with E-state index in [2.05, 4.69) is 4.98 Å². The normalized spacial score (nSPS) is 20.6. The zero-order valence-electron chi connectivity index (χ0n) is 15.0. The zero-order chi connectivity index (χ0) is 17.6. The first-order chi connectivity index (χ1) is 12.1. The van der Waals surface area contributed by atoms with Crippen LogP contribution in [0, 0.1) is 24.5 Å². The summed E-state index contributed by atoms with van der Waals surface area (Å²) in [5, 5.41) is 0. The molecule has 1 nitrogen and oxygen atoms in total. The first kappa shape index (κ1) is 18.0. The van der Waals surface area contributed by atoms with Gasteiger partial charge < -0.3 is 0 Å². The molecule has 1 aliphatic rings. The van der Waals surface area contributed by atoms with Crippen molar-refractivity contribution in [3.05, 3.63) is 65.0 Å². The second kappa shape index (κ2) is 8.55. The number of hydrogen-bond acceptors (Lipinski definition) is 1. The Balaban J connectivity index is 1.39. The van der Waals surface area contributed by atoms with E-state index in [1.807, 2.05) is 19.1 Å². The third-order valence-corrected chi connectivity index (χ3v) is 5.62. The number of hydrogen-bond donors (Lipinski definition) is 0. The predicted molar refractivity (Wildman–Crippen MR) is 97.6 cm³/mol. The summed E-state index contributed by atoms with van der Waals surface area (Å²) < 4.78 is 26.4. The van der Waals surface area contributed by atoms with E-state index in [-0.39, 0.29) is 11.6 Å². The Bertz CT molecular complexity index is 673. The van der Waals surface area contributed by atoms with Crippen LogP contribution in [-0.2, 0) is 6.42 Å². The van der Waals surface area contributed by atoms with Gasteiger partial charge in [0.15, 0.2) is 0 Å². The number of aromatic nitrogens is 1. The molecule has 1 aliphatic carbocycles. The van der Waals surface area contributed by atoms with Gasteiger partial charge in [-0.25, -0.2) is 8.78 Å². The van der Waals surface area contributed by atoms with Gasteiger partial charge >= 0.3 is 0 Å². The average Bonchev–Trinajstić information content (AvgIpc) is 2.63. The topological polar surface area (TPSA) is 12.9 Å². The van der Waals surface area contributed by atoms with Gasteiger partial charge in [0.1, 0.15) is 11.6 Å². The fourth-order valence-corrected chi connectivity index (χ4v) is 4.11. The van der Waals surface area contributed by atoms with Crippen molar-refractivity contribution < 1.29 is 8.78 Å². The molecule has 1 aromatic heterocycles. The van der Waals surface area contributed by atoms with Crippen LogP contribution >= 0.6 is 0 Å². The molecule has 0 radical (unpaired) electrons. The number of rotatable bonds is 6. The van der Waals surface area contributed by atoms with E-state index < -0.39 is 0 Å². The largest absolute Gasteiger partial charge is 0.258 e. The van der Waals surface area contributed by atoms with Gasteiger partial charge in [-0.05, 0) is 86.6 Å². The number of halogens is 2. The molecular weight excluding hydrogens is 316 g/mol. The maximum Gasteiger partial charge on any atom is 0.141 e. The van der Waals surface area contributed by atoms with Gasteiger partial charge in [0.25, 0.3) is 0 Å². The maximum absolute atomic E-state index is 13.5. The monoisotopic (exact) mass is 343 g/mol. The van der Waals surface area contributed by atoms with E-state index in [0.717, 1.165) is 36.4 Å². The third-order valence-electron chi connectivity index (χ3n) is 5.62. The second-order valence-corrected chi connectivity index (χ2v) is 7.42. The quantitative estimate of drug-likeness (QED) is 0.556. The van der Waals surface area contributed by atoms with Crippen molar-refractivity contribution in [3.63, 3.8) is 0 Å². The molecule has 3 rings (SSSR count). The van der Waals surface area contributed by atoms with Crippen LogP contribution in [0.4, 0.5) is 8.78 Å². The summed E-state index contributed by atoms with van der Waals surface area (Å²) in [7, 11) is 0. The lowest BCUT2D eigenvalue weighted by molar-refractivity contribution is 0.302. The summed E-state index contributed by atoms with van der Waals surface area (Å²) >= 11 is 0. The Hall–Kier alpha value is -1.77. The molecule has 0 amide bonds. The summed E-state index contributed by atoms with van der Waals surface area (Å²) in [6.45, 7) is 1.98. The predicted octanol–water partition coefficient (Wildman–Crippen LogP) is 6.36. The Morgan fingerprint density at radius 3 is 2.40 bits per heavy atom. The standard InChI is InChI=1S/C22H27F2N/c1-16-22(14-21(24)15-25-16)19-10-6-17(7-11-19)4-2-3-5-18-8-12-20(23)13-9-18/h8-9,12-15,17,19H,2-7,10-11H2,1H3. The van der Waals surface area contributed by atoms with Gasteiger partial charge in [-0.15, -0.1) is 0 Å². The Morgan fingerprint density at radius 2 is 1.68 bits per heavy atom. The summed E-state index contributed by atoms with van der Waals surface area (Å²) in [5.74, 6) is 0.887. The van der Waals surface area contributed by atoms with Crippen LogP contribution in [0.2, 0.25) is 0 Å². The lowest BCUT2D eigenvalue weighted by Crippen LogP contribution is -2.15. The van der Waals surface area contributed by atoms with Crippen molar-refractivity contribution in [1.29, 1.82) is 0 Å². The lowest BCUT2D eigenvalue weighted by Gasteiger charge is -2.29. The second-order valence-electron chi connectivity index (χ2n) is 7.42. The zero-order valence-corrected chi connectivity index (χ0v) is 15.0.